The van der Waals surface area contributed by atoms with E-state index >= 15 is 0 Å². The Morgan fingerprint density at radius 2 is 1.59 bits per heavy atom. The normalized spacial score (nSPS) is 12.8. The van der Waals surface area contributed by atoms with Gasteiger partial charge in [-0.3, -0.25) is 9.27 Å². The lowest BCUT2D eigenvalue weighted by Crippen LogP contribution is -2.05. The molecule has 3 N–H and O–H groups in total. The maximum Gasteiger partial charge on any atom is 0.416 e. The molecule has 0 spiro atoms. The summed E-state index contributed by atoms with van der Waals surface area (Å²) < 4.78 is 59.6. The Bertz CT molecular complexity index is 687. The summed E-state index contributed by atoms with van der Waals surface area (Å²) in [6.45, 7) is 0. The summed E-state index contributed by atoms with van der Waals surface area (Å²) in [6, 6.07) is 9.71. The van der Waals surface area contributed by atoms with E-state index in [1.807, 2.05) is 0 Å². The van der Waals surface area contributed by atoms with E-state index in [1.165, 1.54) is 12.1 Å². The van der Waals surface area contributed by atoms with Crippen molar-refractivity contribution in [3.8, 4) is 11.1 Å². The summed E-state index contributed by atoms with van der Waals surface area (Å²) in [6.07, 6.45) is -4.37. The second-order valence-electron chi connectivity index (χ2n) is 4.44. The van der Waals surface area contributed by atoms with Gasteiger partial charge < -0.3 is 5.32 Å². The molecule has 1 unspecified atom stereocenters. The van der Waals surface area contributed by atoms with Gasteiger partial charge in [-0.15, -0.1) is 0 Å². The van der Waals surface area contributed by atoms with Crippen LogP contribution in [0.5, 0.6) is 0 Å². The van der Waals surface area contributed by atoms with E-state index in [0.29, 0.717) is 22.5 Å². The van der Waals surface area contributed by atoms with Crippen molar-refractivity contribution in [2.24, 2.45) is 0 Å². The average Bonchev–Trinajstić information content (AvgIpc) is 2.46. The van der Waals surface area contributed by atoms with Gasteiger partial charge in [0.2, 0.25) is 0 Å². The third kappa shape index (κ3) is 3.77. The highest BCUT2D eigenvalue weighted by atomic mass is 32.2. The minimum absolute atomic E-state index is 0.416. The quantitative estimate of drug-likeness (QED) is 0.744. The minimum atomic E-state index is -4.37. The molecule has 4 nitrogen and oxygen atoms in total. The Balaban J connectivity index is 2.35. The summed E-state index contributed by atoms with van der Waals surface area (Å²) >= 11 is -2.21. The van der Waals surface area contributed by atoms with Crippen molar-refractivity contribution >= 4 is 22.6 Å². The number of hydrogen-bond donors (Lipinski definition) is 3. The van der Waals surface area contributed by atoms with E-state index in [-0.39, 0.29) is 0 Å². The van der Waals surface area contributed by atoms with Gasteiger partial charge in [-0.05, 0) is 35.4 Å². The van der Waals surface area contributed by atoms with Crippen molar-refractivity contribution in [2.75, 3.05) is 17.1 Å². The van der Waals surface area contributed by atoms with Crippen LogP contribution in [0.4, 0.5) is 24.5 Å². The zero-order chi connectivity index (χ0) is 16.3. The van der Waals surface area contributed by atoms with Crippen LogP contribution in [0, 0.1) is 0 Å². The topological polar surface area (TPSA) is 61.4 Å². The van der Waals surface area contributed by atoms with Gasteiger partial charge in [-0.2, -0.15) is 13.2 Å². The molecule has 2 aromatic rings. The van der Waals surface area contributed by atoms with E-state index in [1.54, 1.807) is 25.2 Å². The molecule has 0 aliphatic rings. The van der Waals surface area contributed by atoms with Gasteiger partial charge in [0.25, 0.3) is 11.3 Å². The molecule has 2 aromatic carbocycles. The van der Waals surface area contributed by atoms with Crippen molar-refractivity contribution in [3.63, 3.8) is 0 Å². The maximum absolute atomic E-state index is 12.5. The van der Waals surface area contributed by atoms with Gasteiger partial charge in [0, 0.05) is 7.05 Å². The zero-order valence-electron chi connectivity index (χ0n) is 11.4. The highest BCUT2D eigenvalue weighted by Crippen LogP contribution is 2.33. The van der Waals surface area contributed by atoms with E-state index in [9.17, 15) is 17.4 Å². The Labute approximate surface area is 127 Å². The smallest absolute Gasteiger partial charge is 0.386 e. The second-order valence-corrected chi connectivity index (χ2v) is 5.14. The van der Waals surface area contributed by atoms with Crippen LogP contribution in [-0.4, -0.2) is 15.8 Å². The van der Waals surface area contributed by atoms with Gasteiger partial charge in [0.15, 0.2) is 0 Å². The summed E-state index contributed by atoms with van der Waals surface area (Å²) in [5, 5.41) is 2.86. The predicted octanol–water partition coefficient (Wildman–Crippen LogP) is 3.96. The first-order valence-corrected chi connectivity index (χ1v) is 7.29. The van der Waals surface area contributed by atoms with Gasteiger partial charge in [0.05, 0.1) is 16.9 Å². The van der Waals surface area contributed by atoms with Gasteiger partial charge in [-0.25, -0.2) is 4.21 Å². The number of halogens is 3. The number of alkyl halides is 3. The lowest BCUT2D eigenvalue weighted by atomic mass is 10.0. The highest BCUT2D eigenvalue weighted by Gasteiger charge is 2.29. The summed E-state index contributed by atoms with van der Waals surface area (Å²) in [5.74, 6) is 0. The minimum Gasteiger partial charge on any atom is -0.386 e. The van der Waals surface area contributed by atoms with Gasteiger partial charge in [0.1, 0.15) is 0 Å². The van der Waals surface area contributed by atoms with E-state index in [4.69, 9.17) is 4.55 Å². The largest absolute Gasteiger partial charge is 0.416 e. The molecule has 0 amide bonds. The molecule has 1 atom stereocenters. The molecule has 0 aliphatic heterocycles. The molecule has 0 aliphatic carbocycles. The molecule has 2 rings (SSSR count). The van der Waals surface area contributed by atoms with Crippen molar-refractivity contribution in [1.29, 1.82) is 0 Å². The first-order valence-electron chi connectivity index (χ1n) is 6.18. The molecule has 118 valence electrons. The summed E-state index contributed by atoms with van der Waals surface area (Å²) in [5.41, 5.74) is 1.56. The molecule has 0 saturated heterocycles. The van der Waals surface area contributed by atoms with Crippen molar-refractivity contribution in [2.45, 2.75) is 6.18 Å². The van der Waals surface area contributed by atoms with Crippen LogP contribution >= 0.6 is 0 Å². The molecule has 0 saturated carbocycles. The molecule has 0 fully saturated rings. The van der Waals surface area contributed by atoms with Gasteiger partial charge in [-0.1, -0.05) is 18.2 Å². The first kappa shape index (κ1) is 16.3. The number of nitrogens with one attached hydrogen (secondary N) is 2. The number of hydrogen-bond acceptors (Lipinski definition) is 2. The zero-order valence-corrected chi connectivity index (χ0v) is 12.3. The van der Waals surface area contributed by atoms with Crippen LogP contribution in [-0.2, 0) is 17.4 Å². The summed E-state index contributed by atoms with van der Waals surface area (Å²) in [4.78, 5) is 0. The number of anilines is 2. The Morgan fingerprint density at radius 1 is 1.00 bits per heavy atom. The van der Waals surface area contributed by atoms with Crippen LogP contribution in [0.25, 0.3) is 11.1 Å². The Kier molecular flexibility index (Phi) is 4.72. The van der Waals surface area contributed by atoms with Crippen molar-refractivity contribution in [3.05, 3.63) is 48.0 Å². The Hall–Kier alpha value is -2.06. The fourth-order valence-electron chi connectivity index (χ4n) is 1.97. The van der Waals surface area contributed by atoms with Crippen LogP contribution in [0.1, 0.15) is 5.56 Å². The third-order valence-electron chi connectivity index (χ3n) is 3.03. The average molecular weight is 330 g/mol. The van der Waals surface area contributed by atoms with E-state index < -0.39 is 23.0 Å². The third-order valence-corrected chi connectivity index (χ3v) is 3.43. The summed E-state index contributed by atoms with van der Waals surface area (Å²) in [7, 11) is 1.64. The molecule has 8 heteroatoms. The van der Waals surface area contributed by atoms with E-state index in [2.05, 4.69) is 10.0 Å². The monoisotopic (exact) mass is 330 g/mol. The van der Waals surface area contributed by atoms with Crippen molar-refractivity contribution < 1.29 is 21.9 Å². The molecular formula is C14H13F3N2O2S. The van der Waals surface area contributed by atoms with Crippen LogP contribution in [0.2, 0.25) is 0 Å². The van der Waals surface area contributed by atoms with Crippen LogP contribution in [0.3, 0.4) is 0 Å². The molecule has 0 radical (unpaired) electrons. The molecule has 0 bridgehead atoms. The van der Waals surface area contributed by atoms with Crippen LogP contribution < -0.4 is 10.0 Å². The lowest BCUT2D eigenvalue weighted by Gasteiger charge is -2.12. The lowest BCUT2D eigenvalue weighted by molar-refractivity contribution is -0.137. The molecule has 0 heterocycles. The molecule has 22 heavy (non-hydrogen) atoms. The number of rotatable bonds is 4. The van der Waals surface area contributed by atoms with Gasteiger partial charge >= 0.3 is 6.18 Å². The predicted molar refractivity (Wildman–Crippen MR) is 80.8 cm³/mol. The highest BCUT2D eigenvalue weighted by molar-refractivity contribution is 7.80. The number of benzene rings is 2. The maximum atomic E-state index is 12.5. The first-order chi connectivity index (χ1) is 10.3. The fourth-order valence-corrected chi connectivity index (χ4v) is 2.33. The van der Waals surface area contributed by atoms with Crippen molar-refractivity contribution in [1.82, 2.24) is 0 Å². The second kappa shape index (κ2) is 6.37. The fraction of sp³-hybridized carbons (Fsp3) is 0.143. The molecular weight excluding hydrogens is 317 g/mol. The van der Waals surface area contributed by atoms with Crippen LogP contribution in [0.15, 0.2) is 42.5 Å². The standard InChI is InChI=1S/C14H13F3N2O2S/c1-18-13-8-10(4-7-12(13)19-22(20)21)9-2-5-11(6-3-9)14(15,16)17/h2-8,18-19H,1H3,(H,20,21). The Morgan fingerprint density at radius 3 is 2.09 bits per heavy atom. The molecule has 0 aromatic heterocycles. The van der Waals surface area contributed by atoms with E-state index in [0.717, 1.165) is 12.1 Å². The SMILES string of the molecule is CNc1cc(-c2ccc(C(F)(F)F)cc2)ccc1NS(=O)O.